The van der Waals surface area contributed by atoms with E-state index in [0.29, 0.717) is 18.3 Å². The summed E-state index contributed by atoms with van der Waals surface area (Å²) in [5, 5.41) is 16.7. The standard InChI is InChI=1S/C14H21N3O2/c1-8-13(9(2)16-15-8)5-14(19)17-6-10-3-12(18)4-11(10)7-17/h10-12,18H,3-7H2,1-2H3,(H,15,16)/t10-,11+,12?. The van der Waals surface area contributed by atoms with Gasteiger partial charge in [-0.25, -0.2) is 0 Å². The SMILES string of the molecule is Cc1n[nH]c(C)c1CC(=O)N1C[C@H]2CC(O)C[C@H]2C1. The minimum absolute atomic E-state index is 0.148. The molecule has 1 amide bonds. The number of rotatable bonds is 2. The van der Waals surface area contributed by atoms with Gasteiger partial charge in [0, 0.05) is 24.3 Å². The molecule has 1 saturated heterocycles. The Morgan fingerprint density at radius 2 is 2.00 bits per heavy atom. The third-order valence-electron chi connectivity index (χ3n) is 4.69. The lowest BCUT2D eigenvalue weighted by molar-refractivity contribution is -0.129. The summed E-state index contributed by atoms with van der Waals surface area (Å²) in [7, 11) is 0. The number of carbonyl (C=O) groups is 1. The van der Waals surface area contributed by atoms with Gasteiger partial charge >= 0.3 is 0 Å². The van der Waals surface area contributed by atoms with E-state index in [1.807, 2.05) is 18.7 Å². The van der Waals surface area contributed by atoms with E-state index in [1.165, 1.54) is 0 Å². The lowest BCUT2D eigenvalue weighted by atomic mass is 10.0. The lowest BCUT2D eigenvalue weighted by Gasteiger charge is -2.18. The molecule has 2 aliphatic rings. The molecule has 0 spiro atoms. The van der Waals surface area contributed by atoms with Crippen molar-refractivity contribution in [2.24, 2.45) is 11.8 Å². The Kier molecular flexibility index (Phi) is 3.09. The molecule has 1 aliphatic carbocycles. The maximum Gasteiger partial charge on any atom is 0.227 e. The maximum atomic E-state index is 12.4. The first-order chi connectivity index (χ1) is 9.04. The van der Waals surface area contributed by atoms with E-state index < -0.39 is 0 Å². The van der Waals surface area contributed by atoms with Gasteiger partial charge < -0.3 is 10.0 Å². The van der Waals surface area contributed by atoms with Gasteiger partial charge in [0.15, 0.2) is 0 Å². The van der Waals surface area contributed by atoms with Gasteiger partial charge in [-0.1, -0.05) is 0 Å². The van der Waals surface area contributed by atoms with Gasteiger partial charge in [-0.05, 0) is 38.5 Å². The number of nitrogens with zero attached hydrogens (tertiary/aromatic N) is 2. The van der Waals surface area contributed by atoms with Crippen LogP contribution < -0.4 is 0 Å². The highest BCUT2D eigenvalue weighted by Crippen LogP contribution is 2.38. The van der Waals surface area contributed by atoms with Crippen LogP contribution in [0, 0.1) is 25.7 Å². The van der Waals surface area contributed by atoms with Crippen LogP contribution in [0.2, 0.25) is 0 Å². The van der Waals surface area contributed by atoms with Gasteiger partial charge in [0.1, 0.15) is 0 Å². The average molecular weight is 263 g/mol. The molecule has 104 valence electrons. The average Bonchev–Trinajstić information content (AvgIpc) is 2.96. The maximum absolute atomic E-state index is 12.4. The van der Waals surface area contributed by atoms with Gasteiger partial charge in [-0.3, -0.25) is 9.89 Å². The summed E-state index contributed by atoms with van der Waals surface area (Å²) < 4.78 is 0. The molecule has 0 aromatic carbocycles. The van der Waals surface area contributed by atoms with Crippen LogP contribution in [0.15, 0.2) is 0 Å². The molecule has 0 radical (unpaired) electrons. The number of aryl methyl sites for hydroxylation is 2. The number of aliphatic hydroxyl groups is 1. The number of carbonyl (C=O) groups excluding carboxylic acids is 1. The molecule has 2 N–H and O–H groups in total. The number of fused-ring (bicyclic) bond motifs is 1. The quantitative estimate of drug-likeness (QED) is 0.829. The third kappa shape index (κ3) is 2.27. The van der Waals surface area contributed by atoms with Crippen molar-refractivity contribution in [3.05, 3.63) is 17.0 Å². The van der Waals surface area contributed by atoms with E-state index in [1.54, 1.807) is 0 Å². The number of hydrogen-bond acceptors (Lipinski definition) is 3. The second kappa shape index (κ2) is 4.63. The number of hydrogen-bond donors (Lipinski definition) is 2. The van der Waals surface area contributed by atoms with Crippen molar-refractivity contribution < 1.29 is 9.90 Å². The van der Waals surface area contributed by atoms with Gasteiger partial charge in [-0.15, -0.1) is 0 Å². The summed E-state index contributed by atoms with van der Waals surface area (Å²) in [6, 6.07) is 0. The molecule has 5 heteroatoms. The fourth-order valence-corrected chi connectivity index (χ4v) is 3.57. The highest BCUT2D eigenvalue weighted by Gasteiger charge is 2.41. The van der Waals surface area contributed by atoms with E-state index in [0.717, 1.165) is 42.9 Å². The van der Waals surface area contributed by atoms with Crippen LogP contribution >= 0.6 is 0 Å². The molecular formula is C14H21N3O2. The van der Waals surface area contributed by atoms with Gasteiger partial charge in [-0.2, -0.15) is 5.10 Å². The lowest BCUT2D eigenvalue weighted by Crippen LogP contribution is -2.31. The summed E-state index contributed by atoms with van der Waals surface area (Å²) in [6.45, 7) is 5.52. The minimum atomic E-state index is -0.148. The summed E-state index contributed by atoms with van der Waals surface area (Å²) >= 11 is 0. The molecule has 1 unspecified atom stereocenters. The van der Waals surface area contributed by atoms with Gasteiger partial charge in [0.2, 0.25) is 5.91 Å². The van der Waals surface area contributed by atoms with E-state index in [4.69, 9.17) is 0 Å². The van der Waals surface area contributed by atoms with E-state index in [9.17, 15) is 9.90 Å². The molecule has 3 rings (SSSR count). The first kappa shape index (κ1) is 12.7. The Bertz CT molecular complexity index is 463. The van der Waals surface area contributed by atoms with Crippen molar-refractivity contribution in [1.82, 2.24) is 15.1 Å². The highest BCUT2D eigenvalue weighted by molar-refractivity contribution is 5.79. The van der Waals surface area contributed by atoms with Crippen LogP contribution in [-0.4, -0.2) is 45.3 Å². The Balaban J connectivity index is 1.64. The number of nitrogens with one attached hydrogen (secondary N) is 1. The van der Waals surface area contributed by atoms with Crippen LogP contribution in [0.1, 0.15) is 29.8 Å². The number of aromatic amines is 1. The summed E-state index contributed by atoms with van der Waals surface area (Å²) in [5.41, 5.74) is 2.93. The Labute approximate surface area is 113 Å². The van der Waals surface area contributed by atoms with Gasteiger partial charge in [0.05, 0.1) is 18.2 Å². The van der Waals surface area contributed by atoms with Gasteiger partial charge in [0.25, 0.3) is 0 Å². The molecule has 1 saturated carbocycles. The zero-order chi connectivity index (χ0) is 13.6. The Hall–Kier alpha value is -1.36. The fourth-order valence-electron chi connectivity index (χ4n) is 3.57. The summed E-state index contributed by atoms with van der Waals surface area (Å²) in [5.74, 6) is 1.20. The Morgan fingerprint density at radius 1 is 1.37 bits per heavy atom. The number of aromatic nitrogens is 2. The van der Waals surface area contributed by atoms with E-state index >= 15 is 0 Å². The van der Waals surface area contributed by atoms with Crippen LogP contribution in [0.5, 0.6) is 0 Å². The molecule has 2 fully saturated rings. The molecule has 1 aromatic heterocycles. The first-order valence-electron chi connectivity index (χ1n) is 7.01. The largest absolute Gasteiger partial charge is 0.393 e. The second-order valence-electron chi connectivity index (χ2n) is 6.03. The summed E-state index contributed by atoms with van der Waals surface area (Å²) in [6.07, 6.45) is 2.01. The molecule has 0 bridgehead atoms. The normalized spacial score (nSPS) is 29.8. The zero-order valence-corrected chi connectivity index (χ0v) is 11.5. The molecule has 3 atom stereocenters. The number of H-pyrrole nitrogens is 1. The predicted octanol–water partition coefficient (Wildman–Crippen LogP) is 0.798. The van der Waals surface area contributed by atoms with Crippen molar-refractivity contribution in [3.63, 3.8) is 0 Å². The number of amides is 1. The zero-order valence-electron chi connectivity index (χ0n) is 11.5. The minimum Gasteiger partial charge on any atom is -0.393 e. The molecule has 1 aromatic rings. The third-order valence-corrected chi connectivity index (χ3v) is 4.69. The second-order valence-corrected chi connectivity index (χ2v) is 6.03. The molecule has 1 aliphatic heterocycles. The number of likely N-dealkylation sites (tertiary alicyclic amines) is 1. The fraction of sp³-hybridized carbons (Fsp3) is 0.714. The van der Waals surface area contributed by atoms with Crippen molar-refractivity contribution >= 4 is 5.91 Å². The van der Waals surface area contributed by atoms with E-state index in [2.05, 4.69) is 10.2 Å². The molecule has 19 heavy (non-hydrogen) atoms. The molecular weight excluding hydrogens is 242 g/mol. The predicted molar refractivity (Wildman–Crippen MR) is 70.6 cm³/mol. The van der Waals surface area contributed by atoms with Crippen LogP contribution in [0.25, 0.3) is 0 Å². The smallest absolute Gasteiger partial charge is 0.227 e. The van der Waals surface area contributed by atoms with Crippen LogP contribution in [-0.2, 0) is 11.2 Å². The molecule has 5 nitrogen and oxygen atoms in total. The van der Waals surface area contributed by atoms with Crippen molar-refractivity contribution in [1.29, 1.82) is 0 Å². The topological polar surface area (TPSA) is 69.2 Å². The van der Waals surface area contributed by atoms with Crippen molar-refractivity contribution in [2.45, 2.75) is 39.2 Å². The van der Waals surface area contributed by atoms with Crippen molar-refractivity contribution in [2.75, 3.05) is 13.1 Å². The molecule has 2 heterocycles. The van der Waals surface area contributed by atoms with Crippen LogP contribution in [0.3, 0.4) is 0 Å². The highest BCUT2D eigenvalue weighted by atomic mass is 16.3. The Morgan fingerprint density at radius 3 is 2.53 bits per heavy atom. The monoisotopic (exact) mass is 263 g/mol. The summed E-state index contributed by atoms with van der Waals surface area (Å²) in [4.78, 5) is 14.3. The van der Waals surface area contributed by atoms with Crippen LogP contribution in [0.4, 0.5) is 0 Å². The van der Waals surface area contributed by atoms with E-state index in [-0.39, 0.29) is 12.0 Å². The first-order valence-corrected chi connectivity index (χ1v) is 7.01. The van der Waals surface area contributed by atoms with Crippen molar-refractivity contribution in [3.8, 4) is 0 Å². The number of aliphatic hydroxyl groups excluding tert-OH is 1.